The lowest BCUT2D eigenvalue weighted by atomic mass is 10.1. The van der Waals surface area contributed by atoms with Crippen molar-refractivity contribution in [1.82, 2.24) is 0 Å². The largest absolute Gasteiger partial charge is 0.454 e. The Morgan fingerprint density at radius 3 is 2.36 bits per heavy atom. The molecular weight excluding hydrogens is 384 g/mol. The van der Waals surface area contributed by atoms with Crippen LogP contribution in [0.2, 0.25) is 0 Å². The first-order chi connectivity index (χ1) is 13.3. The zero-order valence-corrected chi connectivity index (χ0v) is 15.9. The molecular formula is C19H18N2O6S. The molecule has 4 rings (SSSR count). The van der Waals surface area contributed by atoms with E-state index in [2.05, 4.69) is 5.32 Å². The highest BCUT2D eigenvalue weighted by Crippen LogP contribution is 2.37. The van der Waals surface area contributed by atoms with E-state index < -0.39 is 15.9 Å². The number of sulfonamides is 1. The Bertz CT molecular complexity index is 1060. The molecule has 2 aliphatic heterocycles. The van der Waals surface area contributed by atoms with E-state index in [4.69, 9.17) is 9.47 Å². The third-order valence-corrected chi connectivity index (χ3v) is 6.53. The van der Waals surface area contributed by atoms with Gasteiger partial charge < -0.3 is 14.8 Å². The first-order valence-electron chi connectivity index (χ1n) is 8.71. The van der Waals surface area contributed by atoms with Gasteiger partial charge >= 0.3 is 0 Å². The molecule has 2 aliphatic rings. The number of rotatable bonds is 4. The van der Waals surface area contributed by atoms with Crippen LogP contribution < -0.4 is 19.1 Å². The van der Waals surface area contributed by atoms with Crippen LogP contribution in [0.1, 0.15) is 34.1 Å². The SMILES string of the molecule is CC(=O)c1cc2c(cc1NC(=O)c1ccc(N3CCCS3(=O)=O)cc1)OCO2. The van der Waals surface area contributed by atoms with Crippen LogP contribution in [0.25, 0.3) is 0 Å². The number of amides is 1. The summed E-state index contributed by atoms with van der Waals surface area (Å²) >= 11 is 0. The van der Waals surface area contributed by atoms with Crippen LogP contribution >= 0.6 is 0 Å². The molecule has 2 aromatic rings. The van der Waals surface area contributed by atoms with Gasteiger partial charge in [0.2, 0.25) is 16.8 Å². The van der Waals surface area contributed by atoms with Gasteiger partial charge in [0, 0.05) is 23.7 Å². The average molecular weight is 402 g/mol. The number of nitrogens with one attached hydrogen (secondary N) is 1. The maximum atomic E-state index is 12.6. The van der Waals surface area contributed by atoms with E-state index in [0.29, 0.717) is 47.0 Å². The van der Waals surface area contributed by atoms with E-state index in [1.165, 1.54) is 11.2 Å². The number of ether oxygens (including phenoxy) is 2. The van der Waals surface area contributed by atoms with Crippen LogP contribution in [0.3, 0.4) is 0 Å². The van der Waals surface area contributed by atoms with Gasteiger partial charge in [-0.3, -0.25) is 13.9 Å². The number of anilines is 2. The van der Waals surface area contributed by atoms with Crippen molar-refractivity contribution in [3.05, 3.63) is 47.5 Å². The van der Waals surface area contributed by atoms with Gasteiger partial charge in [0.15, 0.2) is 17.3 Å². The molecule has 0 atom stereocenters. The van der Waals surface area contributed by atoms with Crippen molar-refractivity contribution in [1.29, 1.82) is 0 Å². The highest BCUT2D eigenvalue weighted by molar-refractivity contribution is 7.93. The summed E-state index contributed by atoms with van der Waals surface area (Å²) in [6.45, 7) is 1.90. The molecule has 0 saturated carbocycles. The minimum Gasteiger partial charge on any atom is -0.454 e. The van der Waals surface area contributed by atoms with E-state index in [9.17, 15) is 18.0 Å². The summed E-state index contributed by atoms with van der Waals surface area (Å²) in [6, 6.07) is 9.41. The van der Waals surface area contributed by atoms with Crippen molar-refractivity contribution in [2.75, 3.05) is 28.7 Å². The molecule has 28 heavy (non-hydrogen) atoms. The Hall–Kier alpha value is -3.07. The van der Waals surface area contributed by atoms with Crippen LogP contribution in [0.15, 0.2) is 36.4 Å². The lowest BCUT2D eigenvalue weighted by molar-refractivity contribution is 0.101. The first kappa shape index (κ1) is 18.3. The maximum Gasteiger partial charge on any atom is 0.255 e. The molecule has 0 radical (unpaired) electrons. The van der Waals surface area contributed by atoms with Crippen molar-refractivity contribution >= 4 is 33.1 Å². The molecule has 9 heteroatoms. The molecule has 0 aliphatic carbocycles. The summed E-state index contributed by atoms with van der Waals surface area (Å²) in [4.78, 5) is 24.5. The highest BCUT2D eigenvalue weighted by Gasteiger charge is 2.28. The Morgan fingerprint density at radius 2 is 1.75 bits per heavy atom. The van der Waals surface area contributed by atoms with Crippen LogP contribution in [-0.2, 0) is 10.0 Å². The van der Waals surface area contributed by atoms with E-state index in [-0.39, 0.29) is 18.3 Å². The van der Waals surface area contributed by atoms with Gasteiger partial charge in [-0.2, -0.15) is 0 Å². The van der Waals surface area contributed by atoms with Gasteiger partial charge in [-0.05, 0) is 43.7 Å². The number of ketones is 1. The minimum atomic E-state index is -3.27. The second-order valence-corrected chi connectivity index (χ2v) is 8.56. The molecule has 1 fully saturated rings. The molecule has 0 bridgehead atoms. The molecule has 0 aromatic heterocycles. The fourth-order valence-electron chi connectivity index (χ4n) is 3.24. The maximum absolute atomic E-state index is 12.6. The number of nitrogens with zero attached hydrogens (tertiary/aromatic N) is 1. The lowest BCUT2D eigenvalue weighted by Crippen LogP contribution is -2.25. The van der Waals surface area contributed by atoms with E-state index in [0.717, 1.165) is 0 Å². The Balaban J connectivity index is 1.57. The summed E-state index contributed by atoms with van der Waals surface area (Å²) in [5.74, 6) is 0.405. The van der Waals surface area contributed by atoms with Crippen LogP contribution in [0, 0.1) is 0 Å². The normalized spacial score (nSPS) is 16.8. The number of Topliss-reactive ketones (excluding diaryl/α,β-unsaturated/α-hetero) is 1. The number of benzene rings is 2. The summed E-state index contributed by atoms with van der Waals surface area (Å²) in [5.41, 5.74) is 1.51. The quantitative estimate of drug-likeness (QED) is 0.788. The number of hydrogen-bond donors (Lipinski definition) is 1. The second kappa shape index (κ2) is 6.83. The van der Waals surface area contributed by atoms with Gasteiger partial charge in [0.05, 0.1) is 17.1 Å². The first-order valence-corrected chi connectivity index (χ1v) is 10.3. The molecule has 0 unspecified atom stereocenters. The molecule has 0 spiro atoms. The molecule has 146 valence electrons. The fourth-order valence-corrected chi connectivity index (χ4v) is 4.80. The molecule has 8 nitrogen and oxygen atoms in total. The standard InChI is InChI=1S/C19H18N2O6S/c1-12(22)15-9-17-18(27-11-26-17)10-16(15)20-19(23)13-3-5-14(6-4-13)21-7-2-8-28(21,24)25/h3-6,9-10H,2,7-8,11H2,1H3,(H,20,23). The number of carbonyl (C=O) groups excluding carboxylic acids is 2. The third kappa shape index (κ3) is 3.29. The Labute approximate surface area is 162 Å². The van der Waals surface area contributed by atoms with E-state index in [1.807, 2.05) is 0 Å². The van der Waals surface area contributed by atoms with E-state index >= 15 is 0 Å². The lowest BCUT2D eigenvalue weighted by Gasteiger charge is -2.17. The summed E-state index contributed by atoms with van der Waals surface area (Å²) in [5, 5.41) is 2.72. The van der Waals surface area contributed by atoms with Gasteiger partial charge in [-0.1, -0.05) is 0 Å². The van der Waals surface area contributed by atoms with E-state index in [1.54, 1.807) is 36.4 Å². The molecule has 1 N–H and O–H groups in total. The van der Waals surface area contributed by atoms with Crippen LogP contribution in [0.4, 0.5) is 11.4 Å². The van der Waals surface area contributed by atoms with Crippen LogP contribution in [-0.4, -0.2) is 39.2 Å². The van der Waals surface area contributed by atoms with Gasteiger partial charge in [-0.15, -0.1) is 0 Å². The average Bonchev–Trinajstić information content (AvgIpc) is 3.26. The smallest absolute Gasteiger partial charge is 0.255 e. The summed E-state index contributed by atoms with van der Waals surface area (Å²) in [6.07, 6.45) is 0.586. The molecule has 2 aromatic carbocycles. The number of carbonyl (C=O) groups is 2. The van der Waals surface area contributed by atoms with Crippen molar-refractivity contribution in [2.24, 2.45) is 0 Å². The van der Waals surface area contributed by atoms with Gasteiger partial charge in [0.1, 0.15) is 0 Å². The van der Waals surface area contributed by atoms with Crippen molar-refractivity contribution < 1.29 is 27.5 Å². The molecule has 1 saturated heterocycles. The molecule has 1 amide bonds. The van der Waals surface area contributed by atoms with Crippen molar-refractivity contribution in [2.45, 2.75) is 13.3 Å². The predicted molar refractivity (Wildman–Crippen MR) is 103 cm³/mol. The van der Waals surface area contributed by atoms with Crippen LogP contribution in [0.5, 0.6) is 11.5 Å². The fraction of sp³-hybridized carbons (Fsp3) is 0.263. The van der Waals surface area contributed by atoms with Crippen molar-refractivity contribution in [3.63, 3.8) is 0 Å². The summed E-state index contributed by atoms with van der Waals surface area (Å²) < 4.78 is 35.9. The summed E-state index contributed by atoms with van der Waals surface area (Å²) in [7, 11) is -3.27. The third-order valence-electron chi connectivity index (χ3n) is 4.66. The van der Waals surface area contributed by atoms with Crippen molar-refractivity contribution in [3.8, 4) is 11.5 Å². The Morgan fingerprint density at radius 1 is 1.07 bits per heavy atom. The highest BCUT2D eigenvalue weighted by atomic mass is 32.2. The Kier molecular flexibility index (Phi) is 4.46. The number of fused-ring (bicyclic) bond motifs is 1. The van der Waals surface area contributed by atoms with Gasteiger partial charge in [0.25, 0.3) is 5.91 Å². The molecule has 2 heterocycles. The zero-order chi connectivity index (χ0) is 19.9. The minimum absolute atomic E-state index is 0.0605. The zero-order valence-electron chi connectivity index (χ0n) is 15.1. The van der Waals surface area contributed by atoms with Gasteiger partial charge in [-0.25, -0.2) is 8.42 Å². The topological polar surface area (TPSA) is 102 Å². The second-order valence-electron chi connectivity index (χ2n) is 6.55. The number of hydrogen-bond acceptors (Lipinski definition) is 6. The predicted octanol–water partition coefficient (Wildman–Crippen LogP) is 2.41. The monoisotopic (exact) mass is 402 g/mol.